The molecular weight excluding hydrogens is 222 g/mol. The zero-order valence-electron chi connectivity index (χ0n) is 10.5. The van der Waals surface area contributed by atoms with Crippen molar-refractivity contribution in [1.29, 1.82) is 0 Å². The van der Waals surface area contributed by atoms with Gasteiger partial charge in [-0.3, -0.25) is 0 Å². The Labute approximate surface area is 108 Å². The topological polar surface area (TPSA) is 29.9 Å². The molecule has 0 radical (unpaired) electrons. The van der Waals surface area contributed by atoms with Gasteiger partial charge >= 0.3 is 0 Å². The molecular formula is C15H19N3. The van der Waals surface area contributed by atoms with Crippen LogP contribution in [0.15, 0.2) is 42.6 Å². The van der Waals surface area contributed by atoms with Gasteiger partial charge in [0.15, 0.2) is 0 Å². The lowest BCUT2D eigenvalue weighted by atomic mass is 9.85. The van der Waals surface area contributed by atoms with Crippen LogP contribution in [0.25, 0.3) is 5.69 Å². The van der Waals surface area contributed by atoms with Crippen molar-refractivity contribution in [2.24, 2.45) is 5.92 Å². The van der Waals surface area contributed by atoms with E-state index in [4.69, 9.17) is 0 Å². The van der Waals surface area contributed by atoms with Crippen molar-refractivity contribution in [3.8, 4) is 5.69 Å². The van der Waals surface area contributed by atoms with Gasteiger partial charge in [-0.25, -0.2) is 4.68 Å². The van der Waals surface area contributed by atoms with Crippen LogP contribution in [0.1, 0.15) is 25.0 Å². The molecule has 1 N–H and O–H groups in total. The first kappa shape index (κ1) is 11.5. The van der Waals surface area contributed by atoms with Gasteiger partial charge in [-0.2, -0.15) is 5.10 Å². The molecule has 1 aliphatic rings. The molecule has 3 heteroatoms. The van der Waals surface area contributed by atoms with Crippen LogP contribution < -0.4 is 5.32 Å². The highest BCUT2D eigenvalue weighted by Gasteiger charge is 2.16. The van der Waals surface area contributed by atoms with Crippen LogP contribution >= 0.6 is 0 Å². The smallest absolute Gasteiger partial charge is 0.0766 e. The Morgan fingerprint density at radius 1 is 1.17 bits per heavy atom. The van der Waals surface area contributed by atoms with Gasteiger partial charge in [0.2, 0.25) is 0 Å². The van der Waals surface area contributed by atoms with E-state index >= 15 is 0 Å². The van der Waals surface area contributed by atoms with Gasteiger partial charge in [0.1, 0.15) is 0 Å². The van der Waals surface area contributed by atoms with E-state index in [2.05, 4.69) is 28.6 Å². The van der Waals surface area contributed by atoms with Crippen LogP contribution in [0.5, 0.6) is 0 Å². The molecule has 1 fully saturated rings. The second kappa shape index (κ2) is 5.36. The van der Waals surface area contributed by atoms with E-state index < -0.39 is 0 Å². The monoisotopic (exact) mass is 241 g/mol. The summed E-state index contributed by atoms with van der Waals surface area (Å²) in [6.45, 7) is 2.01. The minimum atomic E-state index is 0.871. The molecule has 94 valence electrons. The van der Waals surface area contributed by atoms with Gasteiger partial charge in [0.25, 0.3) is 0 Å². The lowest BCUT2D eigenvalue weighted by Gasteiger charge is -2.25. The highest BCUT2D eigenvalue weighted by Crippen LogP contribution is 2.25. The fraction of sp³-hybridized carbons (Fsp3) is 0.400. The third kappa shape index (κ3) is 2.62. The molecule has 0 bridgehead atoms. The zero-order valence-corrected chi connectivity index (χ0v) is 10.5. The molecule has 2 aromatic rings. The normalized spacial score (nSPS) is 15.6. The quantitative estimate of drug-likeness (QED) is 0.872. The lowest BCUT2D eigenvalue weighted by molar-refractivity contribution is 0.301. The van der Waals surface area contributed by atoms with E-state index in [1.165, 1.54) is 19.3 Å². The molecule has 1 aromatic heterocycles. The average molecular weight is 241 g/mol. The van der Waals surface area contributed by atoms with E-state index in [1.807, 2.05) is 29.1 Å². The fourth-order valence-corrected chi connectivity index (χ4v) is 2.28. The molecule has 0 spiro atoms. The number of hydrogen-bond acceptors (Lipinski definition) is 2. The standard InChI is InChI=1S/C15H19N3/c1-2-7-15(8-3-1)18-10-9-14(17-18)12-16-11-13-5-4-6-13/h1-3,7-10,13,16H,4-6,11-12H2. The number of nitrogens with zero attached hydrogens (tertiary/aromatic N) is 2. The third-order valence-electron chi connectivity index (χ3n) is 3.63. The van der Waals surface area contributed by atoms with Crippen LogP contribution in [0, 0.1) is 5.92 Å². The summed E-state index contributed by atoms with van der Waals surface area (Å²) in [5, 5.41) is 8.07. The summed E-state index contributed by atoms with van der Waals surface area (Å²) in [6, 6.07) is 12.3. The highest BCUT2D eigenvalue weighted by molar-refractivity contribution is 5.30. The van der Waals surface area contributed by atoms with Crippen LogP contribution in [-0.2, 0) is 6.54 Å². The zero-order chi connectivity index (χ0) is 12.2. The number of aromatic nitrogens is 2. The first-order chi connectivity index (χ1) is 8.92. The molecule has 18 heavy (non-hydrogen) atoms. The molecule has 0 unspecified atom stereocenters. The number of nitrogens with one attached hydrogen (secondary N) is 1. The molecule has 1 saturated carbocycles. The first-order valence-corrected chi connectivity index (χ1v) is 6.72. The van der Waals surface area contributed by atoms with E-state index in [0.717, 1.165) is 30.4 Å². The molecule has 0 saturated heterocycles. The van der Waals surface area contributed by atoms with Crippen molar-refractivity contribution in [1.82, 2.24) is 15.1 Å². The minimum Gasteiger partial charge on any atom is -0.311 e. The highest BCUT2D eigenvalue weighted by atomic mass is 15.3. The summed E-state index contributed by atoms with van der Waals surface area (Å²) in [7, 11) is 0. The van der Waals surface area contributed by atoms with Gasteiger partial charge in [-0.05, 0) is 43.5 Å². The van der Waals surface area contributed by atoms with Crippen LogP contribution in [0.3, 0.4) is 0 Å². The van der Waals surface area contributed by atoms with Gasteiger partial charge in [0.05, 0.1) is 11.4 Å². The van der Waals surface area contributed by atoms with Crippen LogP contribution in [0.4, 0.5) is 0 Å². The molecule has 0 amide bonds. The van der Waals surface area contributed by atoms with Crippen LogP contribution in [0.2, 0.25) is 0 Å². The molecule has 1 heterocycles. The van der Waals surface area contributed by atoms with E-state index in [0.29, 0.717) is 0 Å². The Balaban J connectivity index is 1.56. The molecule has 0 atom stereocenters. The summed E-state index contributed by atoms with van der Waals surface area (Å²) >= 11 is 0. The predicted molar refractivity (Wildman–Crippen MR) is 72.6 cm³/mol. The maximum atomic E-state index is 4.58. The lowest BCUT2D eigenvalue weighted by Crippen LogP contribution is -2.27. The summed E-state index contributed by atoms with van der Waals surface area (Å²) < 4.78 is 1.93. The first-order valence-electron chi connectivity index (χ1n) is 6.72. The van der Waals surface area contributed by atoms with Gasteiger partial charge in [0, 0.05) is 12.7 Å². The molecule has 1 aliphatic carbocycles. The van der Waals surface area contributed by atoms with Crippen molar-refractivity contribution >= 4 is 0 Å². The maximum Gasteiger partial charge on any atom is 0.0766 e. The predicted octanol–water partition coefficient (Wildman–Crippen LogP) is 2.76. The van der Waals surface area contributed by atoms with E-state index in [1.54, 1.807) is 0 Å². The Bertz CT molecular complexity index is 485. The molecule has 3 nitrogen and oxygen atoms in total. The SMILES string of the molecule is c1ccc(-n2ccc(CNCC3CCC3)n2)cc1. The van der Waals surface area contributed by atoms with Crippen molar-refractivity contribution in [2.75, 3.05) is 6.54 Å². The van der Waals surface area contributed by atoms with E-state index in [-0.39, 0.29) is 0 Å². The van der Waals surface area contributed by atoms with Gasteiger partial charge in [-0.1, -0.05) is 24.6 Å². The second-order valence-corrected chi connectivity index (χ2v) is 5.02. The second-order valence-electron chi connectivity index (χ2n) is 5.02. The van der Waals surface area contributed by atoms with Crippen molar-refractivity contribution in [2.45, 2.75) is 25.8 Å². The summed E-state index contributed by atoms with van der Waals surface area (Å²) in [5.74, 6) is 0.904. The number of benzene rings is 1. The third-order valence-corrected chi connectivity index (χ3v) is 3.63. The number of rotatable bonds is 5. The van der Waals surface area contributed by atoms with Crippen LogP contribution in [-0.4, -0.2) is 16.3 Å². The summed E-state index contributed by atoms with van der Waals surface area (Å²) in [6.07, 6.45) is 6.22. The fourth-order valence-electron chi connectivity index (χ4n) is 2.28. The largest absolute Gasteiger partial charge is 0.311 e. The molecule has 0 aliphatic heterocycles. The number of para-hydroxylation sites is 1. The van der Waals surface area contributed by atoms with Crippen molar-refractivity contribution in [3.05, 3.63) is 48.3 Å². The Morgan fingerprint density at radius 2 is 2.00 bits per heavy atom. The summed E-state index contributed by atoms with van der Waals surface area (Å²) in [4.78, 5) is 0. The average Bonchev–Trinajstić information content (AvgIpc) is 2.82. The molecule has 3 rings (SSSR count). The Morgan fingerprint density at radius 3 is 2.72 bits per heavy atom. The molecule has 1 aromatic carbocycles. The van der Waals surface area contributed by atoms with Crippen molar-refractivity contribution in [3.63, 3.8) is 0 Å². The van der Waals surface area contributed by atoms with Gasteiger partial charge in [-0.15, -0.1) is 0 Å². The Kier molecular flexibility index (Phi) is 3.42. The van der Waals surface area contributed by atoms with Crippen molar-refractivity contribution < 1.29 is 0 Å². The maximum absolute atomic E-state index is 4.58. The Hall–Kier alpha value is -1.61. The van der Waals surface area contributed by atoms with E-state index in [9.17, 15) is 0 Å². The minimum absolute atomic E-state index is 0.871. The summed E-state index contributed by atoms with van der Waals surface area (Å²) in [5.41, 5.74) is 2.22. The van der Waals surface area contributed by atoms with Gasteiger partial charge < -0.3 is 5.32 Å². The number of hydrogen-bond donors (Lipinski definition) is 1.